The lowest BCUT2D eigenvalue weighted by Crippen LogP contribution is -2.27. The summed E-state index contributed by atoms with van der Waals surface area (Å²) in [6.07, 6.45) is 54.3. The van der Waals surface area contributed by atoms with Crippen LogP contribution < -0.4 is 11.5 Å². The molecule has 294 valence electrons. The molecule has 2 unspecified atom stereocenters. The number of primary amides is 2. The molecule has 2 amide bonds. The Bertz CT molecular complexity index is 712. The Morgan fingerprint density at radius 2 is 0.560 bits per heavy atom. The fourth-order valence-corrected chi connectivity index (χ4v) is 7.24. The number of nitrogens with two attached hydrogens (primary N) is 2. The van der Waals surface area contributed by atoms with E-state index in [9.17, 15) is 9.59 Å². The van der Waals surface area contributed by atoms with E-state index in [0.717, 1.165) is 25.7 Å². The first-order valence-corrected chi connectivity index (χ1v) is 22.4. The number of allylic oxidation sites excluding steroid dienone is 4. The Morgan fingerprint density at radius 1 is 0.340 bits per heavy atom. The minimum absolute atomic E-state index is 0.123. The molecule has 50 heavy (non-hydrogen) atoms. The summed E-state index contributed by atoms with van der Waals surface area (Å²) >= 11 is 0. The third kappa shape index (κ3) is 36.2. The van der Waals surface area contributed by atoms with Crippen molar-refractivity contribution in [3.05, 3.63) is 24.3 Å². The molecule has 0 saturated heterocycles. The lowest BCUT2D eigenvalue weighted by molar-refractivity contribution is -0.124. The van der Waals surface area contributed by atoms with E-state index in [0.29, 0.717) is 12.8 Å². The second-order valence-electron chi connectivity index (χ2n) is 15.6. The van der Waals surface area contributed by atoms with Crippen molar-refractivity contribution in [2.75, 3.05) is 0 Å². The van der Waals surface area contributed by atoms with Crippen LogP contribution in [0.1, 0.15) is 245 Å². The van der Waals surface area contributed by atoms with E-state index in [1.165, 1.54) is 193 Å². The molecule has 2 atom stereocenters. The van der Waals surface area contributed by atoms with Gasteiger partial charge in [-0.3, -0.25) is 9.59 Å². The Labute approximate surface area is 313 Å². The highest BCUT2D eigenvalue weighted by Crippen LogP contribution is 2.23. The first-order chi connectivity index (χ1) is 24.5. The highest BCUT2D eigenvalue weighted by molar-refractivity contribution is 5.78. The summed E-state index contributed by atoms with van der Waals surface area (Å²) in [5.41, 5.74) is 11.5. The molecule has 4 N–H and O–H groups in total. The normalized spacial score (nSPS) is 13.1. The van der Waals surface area contributed by atoms with E-state index in [4.69, 9.17) is 11.5 Å². The zero-order chi connectivity index (χ0) is 36.6. The van der Waals surface area contributed by atoms with E-state index >= 15 is 0 Å². The molecule has 0 aliphatic rings. The van der Waals surface area contributed by atoms with E-state index in [-0.39, 0.29) is 23.7 Å². The number of rotatable bonds is 41. The van der Waals surface area contributed by atoms with Crippen molar-refractivity contribution in [2.45, 2.75) is 245 Å². The van der Waals surface area contributed by atoms with E-state index in [1.807, 2.05) is 0 Å². The van der Waals surface area contributed by atoms with Crippen LogP contribution in [0, 0.1) is 11.8 Å². The van der Waals surface area contributed by atoms with Crippen molar-refractivity contribution in [2.24, 2.45) is 23.3 Å². The van der Waals surface area contributed by atoms with Crippen molar-refractivity contribution in [1.82, 2.24) is 0 Å². The van der Waals surface area contributed by atoms with Crippen LogP contribution in [0.4, 0.5) is 0 Å². The third-order valence-electron chi connectivity index (χ3n) is 10.8. The Balaban J connectivity index is 3.74. The molecule has 0 spiro atoms. The quantitative estimate of drug-likeness (QED) is 0.0491. The molecule has 4 nitrogen and oxygen atoms in total. The third-order valence-corrected chi connectivity index (χ3v) is 10.8. The fourth-order valence-electron chi connectivity index (χ4n) is 7.24. The Kier molecular flexibility index (Phi) is 38.9. The summed E-state index contributed by atoms with van der Waals surface area (Å²) in [6.45, 7) is 4.55. The lowest BCUT2D eigenvalue weighted by Gasteiger charge is -2.17. The number of hydrogen-bond donors (Lipinski definition) is 2. The number of hydrogen-bond acceptors (Lipinski definition) is 2. The summed E-state index contributed by atoms with van der Waals surface area (Å²) in [6, 6.07) is 0. The van der Waals surface area contributed by atoms with Crippen LogP contribution in [0.5, 0.6) is 0 Å². The monoisotopic (exact) mass is 701 g/mol. The molecule has 0 aromatic heterocycles. The molecule has 0 heterocycles. The molecule has 0 aromatic carbocycles. The topological polar surface area (TPSA) is 86.2 Å². The second kappa shape index (κ2) is 40.2. The second-order valence-corrected chi connectivity index (χ2v) is 15.6. The fraction of sp³-hybridized carbons (Fsp3) is 0.870. The summed E-state index contributed by atoms with van der Waals surface area (Å²) in [4.78, 5) is 24.3. The molecule has 0 bridgehead atoms. The van der Waals surface area contributed by atoms with Gasteiger partial charge in [0.2, 0.25) is 11.8 Å². The van der Waals surface area contributed by atoms with E-state index < -0.39 is 0 Å². The largest absolute Gasteiger partial charge is 0.369 e. The highest BCUT2D eigenvalue weighted by Gasteiger charge is 2.20. The van der Waals surface area contributed by atoms with Crippen LogP contribution in [0.25, 0.3) is 0 Å². The Hall–Kier alpha value is -1.58. The number of carbonyl (C=O) groups excluding carboxylic acids is 2. The summed E-state index contributed by atoms with van der Waals surface area (Å²) in [5.74, 6) is -0.666. The average molecular weight is 701 g/mol. The van der Waals surface area contributed by atoms with Crippen LogP contribution in [-0.2, 0) is 9.59 Å². The molecule has 0 rings (SSSR count). The van der Waals surface area contributed by atoms with Gasteiger partial charge in [-0.2, -0.15) is 0 Å². The van der Waals surface area contributed by atoms with Gasteiger partial charge in [-0.25, -0.2) is 0 Å². The smallest absolute Gasteiger partial charge is 0.220 e. The maximum absolute atomic E-state index is 12.1. The SMILES string of the molecule is CCCCCCCC/C=C\CCCCCCCCCCC(CCC(CCCCCCCCCC/C=C\CCCCCCCC)C(N)=O)C(N)=O. The number of carbonyl (C=O) groups is 2. The van der Waals surface area contributed by atoms with Crippen LogP contribution in [0.3, 0.4) is 0 Å². The molecular formula is C46H88N2O2. The van der Waals surface area contributed by atoms with Crippen LogP contribution in [0.2, 0.25) is 0 Å². The predicted molar refractivity (Wildman–Crippen MR) is 221 cm³/mol. The molecule has 4 heteroatoms. The van der Waals surface area contributed by atoms with Crippen LogP contribution >= 0.6 is 0 Å². The van der Waals surface area contributed by atoms with Crippen LogP contribution in [-0.4, -0.2) is 11.8 Å². The molecule has 0 aliphatic heterocycles. The molecule has 0 saturated carbocycles. The van der Waals surface area contributed by atoms with Crippen molar-refractivity contribution in [3.8, 4) is 0 Å². The van der Waals surface area contributed by atoms with Gasteiger partial charge >= 0.3 is 0 Å². The summed E-state index contributed by atoms with van der Waals surface area (Å²) in [5, 5.41) is 0. The van der Waals surface area contributed by atoms with Gasteiger partial charge in [0, 0.05) is 11.8 Å². The first-order valence-electron chi connectivity index (χ1n) is 22.4. The van der Waals surface area contributed by atoms with Crippen molar-refractivity contribution in [1.29, 1.82) is 0 Å². The van der Waals surface area contributed by atoms with Gasteiger partial charge in [0.1, 0.15) is 0 Å². The minimum atomic E-state index is -0.210. The average Bonchev–Trinajstić information content (AvgIpc) is 3.10. The zero-order valence-electron chi connectivity index (χ0n) is 33.9. The van der Waals surface area contributed by atoms with Gasteiger partial charge in [-0.1, -0.05) is 192 Å². The van der Waals surface area contributed by atoms with Gasteiger partial charge in [0.05, 0.1) is 0 Å². The number of unbranched alkanes of at least 4 members (excludes halogenated alkanes) is 28. The molecule has 0 radical (unpaired) electrons. The van der Waals surface area contributed by atoms with Crippen molar-refractivity contribution >= 4 is 11.8 Å². The summed E-state index contributed by atoms with van der Waals surface area (Å²) in [7, 11) is 0. The van der Waals surface area contributed by atoms with Gasteiger partial charge in [-0.05, 0) is 77.0 Å². The standard InChI is InChI=1S/C46H88N2O2/c1-3-5-7-9-11-13-15-17-19-21-23-25-27-29-31-33-35-37-39-43(45(47)49)41-42-44(46(48)50)40-38-36-34-32-30-28-26-24-22-20-18-16-14-12-10-8-6-4-2/h17-20,43-44H,3-16,21-42H2,1-2H3,(H2,47,49)(H2,48,50)/b19-17-,20-18-. The maximum Gasteiger partial charge on any atom is 0.220 e. The van der Waals surface area contributed by atoms with Crippen LogP contribution in [0.15, 0.2) is 24.3 Å². The number of amides is 2. The van der Waals surface area contributed by atoms with Gasteiger partial charge in [0.15, 0.2) is 0 Å². The maximum atomic E-state index is 12.1. The van der Waals surface area contributed by atoms with E-state index in [2.05, 4.69) is 38.2 Å². The first kappa shape index (κ1) is 48.4. The molecule has 0 aromatic rings. The Morgan fingerprint density at radius 3 is 0.800 bits per heavy atom. The van der Waals surface area contributed by atoms with Gasteiger partial charge < -0.3 is 11.5 Å². The van der Waals surface area contributed by atoms with Gasteiger partial charge in [0.25, 0.3) is 0 Å². The molecular weight excluding hydrogens is 613 g/mol. The van der Waals surface area contributed by atoms with Gasteiger partial charge in [-0.15, -0.1) is 0 Å². The zero-order valence-corrected chi connectivity index (χ0v) is 33.9. The highest BCUT2D eigenvalue weighted by atomic mass is 16.1. The summed E-state index contributed by atoms with van der Waals surface area (Å²) < 4.78 is 0. The molecule has 0 fully saturated rings. The van der Waals surface area contributed by atoms with Crippen molar-refractivity contribution in [3.63, 3.8) is 0 Å². The predicted octanol–water partition coefficient (Wildman–Crippen LogP) is 14.4. The van der Waals surface area contributed by atoms with Crippen molar-refractivity contribution < 1.29 is 9.59 Å². The minimum Gasteiger partial charge on any atom is -0.369 e. The molecule has 0 aliphatic carbocycles. The lowest BCUT2D eigenvalue weighted by atomic mass is 9.88. The van der Waals surface area contributed by atoms with E-state index in [1.54, 1.807) is 0 Å².